The van der Waals surface area contributed by atoms with Crippen molar-refractivity contribution in [3.8, 4) is 0 Å². The first-order valence-corrected chi connectivity index (χ1v) is 2.94. The summed E-state index contributed by atoms with van der Waals surface area (Å²) in [6.45, 7) is 3.12. The number of alkyl halides is 1. The van der Waals surface area contributed by atoms with Crippen LogP contribution in [-0.2, 0) is 4.74 Å². The summed E-state index contributed by atoms with van der Waals surface area (Å²) < 4.78 is 17.6. The molecule has 0 rings (SSSR count). The zero-order valence-electron chi connectivity index (χ0n) is 6.15. The summed E-state index contributed by atoms with van der Waals surface area (Å²) >= 11 is 0. The summed E-state index contributed by atoms with van der Waals surface area (Å²) in [5, 5.41) is 0. The van der Waals surface area contributed by atoms with Gasteiger partial charge in [-0.3, -0.25) is 0 Å². The molecule has 2 nitrogen and oxygen atoms in total. The average molecular weight is 135 g/mol. The fourth-order valence-electron chi connectivity index (χ4n) is 0.414. The maximum absolute atomic E-state index is 13.0. The molecule has 0 aliphatic heterocycles. The van der Waals surface area contributed by atoms with Crippen molar-refractivity contribution in [2.75, 3.05) is 13.7 Å². The number of ether oxygens (including phenoxy) is 1. The Bertz CT molecular complexity index is 83.1. The molecule has 0 aliphatic carbocycles. The highest BCUT2D eigenvalue weighted by Crippen LogP contribution is 2.13. The van der Waals surface area contributed by atoms with E-state index in [0.29, 0.717) is 0 Å². The van der Waals surface area contributed by atoms with Crippen LogP contribution in [0.5, 0.6) is 0 Å². The molecular formula is C6H14FNO. The van der Waals surface area contributed by atoms with Crippen LogP contribution in [0.3, 0.4) is 0 Å². The fourth-order valence-corrected chi connectivity index (χ4v) is 0.414. The normalized spacial score (nSPS) is 21.0. The summed E-state index contributed by atoms with van der Waals surface area (Å²) in [7, 11) is 1.46. The lowest BCUT2D eigenvalue weighted by molar-refractivity contribution is 0.0396. The highest BCUT2D eigenvalue weighted by molar-refractivity contribution is 4.81. The van der Waals surface area contributed by atoms with Crippen molar-refractivity contribution in [2.45, 2.75) is 25.6 Å². The first kappa shape index (κ1) is 8.85. The monoisotopic (exact) mass is 135 g/mol. The van der Waals surface area contributed by atoms with Crippen molar-refractivity contribution in [3.63, 3.8) is 0 Å². The first-order valence-electron chi connectivity index (χ1n) is 2.94. The van der Waals surface area contributed by atoms with Crippen LogP contribution in [0.15, 0.2) is 0 Å². The van der Waals surface area contributed by atoms with E-state index in [4.69, 9.17) is 5.73 Å². The van der Waals surface area contributed by atoms with E-state index in [2.05, 4.69) is 4.74 Å². The maximum atomic E-state index is 13.0. The molecule has 0 saturated heterocycles. The Morgan fingerprint density at radius 1 is 1.78 bits per heavy atom. The summed E-state index contributed by atoms with van der Waals surface area (Å²) in [6.07, 6.45) is 0. The van der Waals surface area contributed by atoms with Gasteiger partial charge in [0.15, 0.2) is 0 Å². The van der Waals surface area contributed by atoms with Gasteiger partial charge in [-0.25, -0.2) is 4.39 Å². The molecule has 0 aromatic carbocycles. The molecule has 56 valence electrons. The lowest BCUT2D eigenvalue weighted by Gasteiger charge is -2.22. The van der Waals surface area contributed by atoms with Crippen LogP contribution in [0.2, 0.25) is 0 Å². The molecule has 0 radical (unpaired) electrons. The molecule has 0 amide bonds. The molecule has 0 fully saturated rings. The second-order valence-corrected chi connectivity index (χ2v) is 2.50. The molecule has 0 heterocycles. The largest absolute Gasteiger partial charge is 0.381 e. The van der Waals surface area contributed by atoms with E-state index in [1.165, 1.54) is 14.0 Å². The Morgan fingerprint density at radius 3 is 2.33 bits per heavy atom. The van der Waals surface area contributed by atoms with Crippen LogP contribution in [0.25, 0.3) is 0 Å². The summed E-state index contributed by atoms with van der Waals surface area (Å²) in [6, 6.07) is -0.475. The predicted molar refractivity (Wildman–Crippen MR) is 35.0 cm³/mol. The van der Waals surface area contributed by atoms with Crippen LogP contribution in [-0.4, -0.2) is 25.4 Å². The standard InChI is InChI=1S/C6H14FNO/c1-5(8)6(2,7)4-9-3/h5H,4,8H2,1-3H3. The highest BCUT2D eigenvalue weighted by Gasteiger charge is 2.27. The van der Waals surface area contributed by atoms with E-state index < -0.39 is 11.7 Å². The summed E-state index contributed by atoms with van der Waals surface area (Å²) in [5.74, 6) is 0. The van der Waals surface area contributed by atoms with Gasteiger partial charge < -0.3 is 10.5 Å². The van der Waals surface area contributed by atoms with Crippen molar-refractivity contribution in [2.24, 2.45) is 5.73 Å². The quantitative estimate of drug-likeness (QED) is 0.618. The van der Waals surface area contributed by atoms with Crippen molar-refractivity contribution < 1.29 is 9.13 Å². The number of hydrogen-bond donors (Lipinski definition) is 1. The van der Waals surface area contributed by atoms with Gasteiger partial charge in [0.25, 0.3) is 0 Å². The minimum absolute atomic E-state index is 0.0602. The van der Waals surface area contributed by atoms with Crippen LogP contribution in [0, 0.1) is 0 Å². The number of halogens is 1. The molecule has 0 aromatic heterocycles. The highest BCUT2D eigenvalue weighted by atomic mass is 19.1. The number of nitrogens with two attached hydrogens (primary N) is 1. The Labute approximate surface area is 55.2 Å². The van der Waals surface area contributed by atoms with Crippen molar-refractivity contribution in [1.82, 2.24) is 0 Å². The summed E-state index contributed by atoms with van der Waals surface area (Å²) in [4.78, 5) is 0. The van der Waals surface area contributed by atoms with Gasteiger partial charge in [0, 0.05) is 13.2 Å². The molecule has 2 atom stereocenters. The Balaban J connectivity index is 3.70. The molecule has 0 aromatic rings. The van der Waals surface area contributed by atoms with Gasteiger partial charge >= 0.3 is 0 Å². The first-order chi connectivity index (χ1) is 4.00. The minimum atomic E-state index is -1.39. The third kappa shape index (κ3) is 2.77. The molecule has 2 N–H and O–H groups in total. The lowest BCUT2D eigenvalue weighted by atomic mass is 10.0. The minimum Gasteiger partial charge on any atom is -0.381 e. The number of methoxy groups -OCH3 is 1. The van der Waals surface area contributed by atoms with Gasteiger partial charge in [0.2, 0.25) is 0 Å². The molecule has 2 unspecified atom stereocenters. The van der Waals surface area contributed by atoms with Crippen LogP contribution in [0.4, 0.5) is 4.39 Å². The molecule has 0 aliphatic rings. The maximum Gasteiger partial charge on any atom is 0.146 e. The van der Waals surface area contributed by atoms with Gasteiger partial charge in [0.05, 0.1) is 6.61 Å². The SMILES string of the molecule is COCC(C)(F)C(C)N. The average Bonchev–Trinajstić information content (AvgIpc) is 1.65. The zero-order valence-corrected chi connectivity index (χ0v) is 6.15. The van der Waals surface area contributed by atoms with Crippen LogP contribution >= 0.6 is 0 Å². The molecule has 3 heteroatoms. The second-order valence-electron chi connectivity index (χ2n) is 2.50. The molecule has 0 bridgehead atoms. The smallest absolute Gasteiger partial charge is 0.146 e. The topological polar surface area (TPSA) is 35.2 Å². The fraction of sp³-hybridized carbons (Fsp3) is 1.00. The molecule has 0 saturated carbocycles. The van der Waals surface area contributed by atoms with Gasteiger partial charge in [0.1, 0.15) is 5.67 Å². The van der Waals surface area contributed by atoms with Gasteiger partial charge in [-0.1, -0.05) is 0 Å². The Morgan fingerprint density at radius 2 is 2.22 bits per heavy atom. The van der Waals surface area contributed by atoms with Crippen molar-refractivity contribution >= 4 is 0 Å². The predicted octanol–water partition coefficient (Wildman–Crippen LogP) is 0.708. The van der Waals surface area contributed by atoms with E-state index in [1.807, 2.05) is 0 Å². The van der Waals surface area contributed by atoms with Crippen molar-refractivity contribution in [3.05, 3.63) is 0 Å². The van der Waals surface area contributed by atoms with Crippen molar-refractivity contribution in [1.29, 1.82) is 0 Å². The summed E-state index contributed by atoms with van der Waals surface area (Å²) in [5.41, 5.74) is 3.91. The van der Waals surface area contributed by atoms with Crippen LogP contribution < -0.4 is 5.73 Å². The molecular weight excluding hydrogens is 121 g/mol. The Hall–Kier alpha value is -0.150. The van der Waals surface area contributed by atoms with E-state index in [9.17, 15) is 4.39 Å². The molecule has 0 spiro atoms. The molecule has 9 heavy (non-hydrogen) atoms. The number of rotatable bonds is 3. The Kier molecular flexibility index (Phi) is 3.08. The van der Waals surface area contributed by atoms with Gasteiger partial charge in [-0.15, -0.1) is 0 Å². The third-order valence-corrected chi connectivity index (χ3v) is 1.38. The third-order valence-electron chi connectivity index (χ3n) is 1.38. The van der Waals surface area contributed by atoms with Crippen LogP contribution in [0.1, 0.15) is 13.8 Å². The zero-order chi connectivity index (χ0) is 7.49. The second kappa shape index (κ2) is 3.13. The van der Waals surface area contributed by atoms with Gasteiger partial charge in [-0.05, 0) is 13.8 Å². The number of hydrogen-bond acceptors (Lipinski definition) is 2. The van der Waals surface area contributed by atoms with E-state index >= 15 is 0 Å². The lowest BCUT2D eigenvalue weighted by Crippen LogP contribution is -2.42. The van der Waals surface area contributed by atoms with E-state index in [-0.39, 0.29) is 6.61 Å². The van der Waals surface area contributed by atoms with E-state index in [0.717, 1.165) is 0 Å². The van der Waals surface area contributed by atoms with E-state index in [1.54, 1.807) is 6.92 Å². The van der Waals surface area contributed by atoms with Gasteiger partial charge in [-0.2, -0.15) is 0 Å².